The average molecular weight is 278 g/mol. The van der Waals surface area contributed by atoms with E-state index in [1.165, 1.54) is 6.07 Å². The number of aromatic amines is 2. The van der Waals surface area contributed by atoms with Crippen LogP contribution in [0.4, 0.5) is 0 Å². The molecule has 8 heteroatoms. The number of aromatic nitrogens is 5. The largest absolute Gasteiger partial charge is 0.325 e. The number of hydrogen-bond acceptors (Lipinski definition) is 5. The molecule has 0 fully saturated rings. The quantitative estimate of drug-likeness (QED) is 0.755. The first-order valence-corrected chi connectivity index (χ1v) is 6.46. The number of nitrogens with one attached hydrogen (secondary N) is 2. The SMILES string of the molecule is CCCn1cnnc1CN(C)Cc1cc(=O)[nH]c(=O)[nH]1. The standard InChI is InChI=1S/C12H18N6O2/c1-3-4-18-8-13-16-10(18)7-17(2)6-9-5-11(19)15-12(20)14-9/h5,8H,3-4,6-7H2,1-2H3,(H2,14,15,19,20). The summed E-state index contributed by atoms with van der Waals surface area (Å²) in [5, 5.41) is 7.99. The van der Waals surface area contributed by atoms with E-state index in [0.29, 0.717) is 18.8 Å². The van der Waals surface area contributed by atoms with Crippen LogP contribution in [0.5, 0.6) is 0 Å². The molecular formula is C12H18N6O2. The zero-order valence-corrected chi connectivity index (χ0v) is 11.6. The Kier molecular flexibility index (Phi) is 4.46. The van der Waals surface area contributed by atoms with E-state index in [1.54, 1.807) is 6.33 Å². The molecule has 0 aliphatic heterocycles. The van der Waals surface area contributed by atoms with E-state index < -0.39 is 11.2 Å². The predicted octanol–water partition coefficient (Wildman–Crippen LogP) is -0.303. The Labute approximate surface area is 115 Å². The van der Waals surface area contributed by atoms with Gasteiger partial charge in [-0.05, 0) is 13.5 Å². The molecule has 2 N–H and O–H groups in total. The molecule has 0 bridgehead atoms. The van der Waals surface area contributed by atoms with Crippen LogP contribution in [0.25, 0.3) is 0 Å². The van der Waals surface area contributed by atoms with Crippen molar-refractivity contribution in [3.63, 3.8) is 0 Å². The average Bonchev–Trinajstić information content (AvgIpc) is 2.75. The van der Waals surface area contributed by atoms with Gasteiger partial charge in [0.15, 0.2) is 0 Å². The molecular weight excluding hydrogens is 260 g/mol. The lowest BCUT2D eigenvalue weighted by Crippen LogP contribution is -2.27. The summed E-state index contributed by atoms with van der Waals surface area (Å²) in [6.45, 7) is 4.01. The van der Waals surface area contributed by atoms with Crippen LogP contribution in [0.3, 0.4) is 0 Å². The van der Waals surface area contributed by atoms with Gasteiger partial charge in [0, 0.05) is 24.8 Å². The van der Waals surface area contributed by atoms with Crippen LogP contribution in [0, 0.1) is 0 Å². The number of nitrogens with zero attached hydrogens (tertiary/aromatic N) is 4. The third kappa shape index (κ3) is 3.64. The monoisotopic (exact) mass is 278 g/mol. The number of rotatable bonds is 6. The summed E-state index contributed by atoms with van der Waals surface area (Å²) in [6.07, 6.45) is 2.72. The Morgan fingerprint density at radius 1 is 1.30 bits per heavy atom. The third-order valence-electron chi connectivity index (χ3n) is 2.83. The van der Waals surface area contributed by atoms with E-state index in [1.807, 2.05) is 16.5 Å². The first-order chi connectivity index (χ1) is 9.58. The van der Waals surface area contributed by atoms with Gasteiger partial charge in [0.05, 0.1) is 6.54 Å². The molecule has 20 heavy (non-hydrogen) atoms. The minimum atomic E-state index is -0.491. The van der Waals surface area contributed by atoms with Gasteiger partial charge in [0.1, 0.15) is 12.2 Å². The second-order valence-corrected chi connectivity index (χ2v) is 4.73. The number of hydrogen-bond donors (Lipinski definition) is 2. The van der Waals surface area contributed by atoms with Crippen LogP contribution in [-0.4, -0.2) is 36.7 Å². The fourth-order valence-corrected chi connectivity index (χ4v) is 2.02. The van der Waals surface area contributed by atoms with Crippen molar-refractivity contribution in [3.05, 3.63) is 44.8 Å². The summed E-state index contributed by atoms with van der Waals surface area (Å²) in [6, 6.07) is 1.38. The van der Waals surface area contributed by atoms with Crippen molar-refractivity contribution in [1.82, 2.24) is 29.6 Å². The summed E-state index contributed by atoms with van der Waals surface area (Å²) in [7, 11) is 1.89. The second kappa shape index (κ2) is 6.29. The van der Waals surface area contributed by atoms with Crippen LogP contribution < -0.4 is 11.2 Å². The molecule has 0 spiro atoms. The third-order valence-corrected chi connectivity index (χ3v) is 2.83. The maximum atomic E-state index is 11.2. The lowest BCUT2D eigenvalue weighted by molar-refractivity contribution is 0.300. The maximum Gasteiger partial charge on any atom is 0.325 e. The molecule has 0 aromatic carbocycles. The van der Waals surface area contributed by atoms with Gasteiger partial charge in [-0.1, -0.05) is 6.92 Å². The summed E-state index contributed by atoms with van der Waals surface area (Å²) < 4.78 is 2.00. The minimum absolute atomic E-state index is 0.397. The first-order valence-electron chi connectivity index (χ1n) is 6.46. The highest BCUT2D eigenvalue weighted by Crippen LogP contribution is 2.03. The maximum absolute atomic E-state index is 11.2. The smallest absolute Gasteiger partial charge is 0.317 e. The Morgan fingerprint density at radius 2 is 2.10 bits per heavy atom. The topological polar surface area (TPSA) is 99.7 Å². The summed E-state index contributed by atoms with van der Waals surface area (Å²) in [5.74, 6) is 0.863. The highest BCUT2D eigenvalue weighted by molar-refractivity contribution is 4.98. The van der Waals surface area contributed by atoms with Gasteiger partial charge >= 0.3 is 5.69 Å². The van der Waals surface area contributed by atoms with Crippen molar-refractivity contribution in [2.75, 3.05) is 7.05 Å². The van der Waals surface area contributed by atoms with E-state index in [4.69, 9.17) is 0 Å². The lowest BCUT2D eigenvalue weighted by Gasteiger charge is -2.16. The predicted molar refractivity (Wildman–Crippen MR) is 73.2 cm³/mol. The lowest BCUT2D eigenvalue weighted by atomic mass is 10.3. The van der Waals surface area contributed by atoms with Gasteiger partial charge in [0.2, 0.25) is 0 Å². The van der Waals surface area contributed by atoms with Crippen molar-refractivity contribution in [2.24, 2.45) is 0 Å². The minimum Gasteiger partial charge on any atom is -0.317 e. The van der Waals surface area contributed by atoms with Crippen molar-refractivity contribution >= 4 is 0 Å². The van der Waals surface area contributed by atoms with E-state index >= 15 is 0 Å². The molecule has 8 nitrogen and oxygen atoms in total. The van der Waals surface area contributed by atoms with Crippen molar-refractivity contribution in [3.8, 4) is 0 Å². The van der Waals surface area contributed by atoms with Crippen molar-refractivity contribution in [2.45, 2.75) is 33.0 Å². The van der Waals surface area contributed by atoms with Crippen LogP contribution in [-0.2, 0) is 19.6 Å². The van der Waals surface area contributed by atoms with Gasteiger partial charge in [-0.15, -0.1) is 10.2 Å². The zero-order valence-electron chi connectivity index (χ0n) is 11.6. The fourth-order valence-electron chi connectivity index (χ4n) is 2.02. The molecule has 0 saturated carbocycles. The molecule has 0 aliphatic carbocycles. The van der Waals surface area contributed by atoms with E-state index in [0.717, 1.165) is 18.8 Å². The Bertz CT molecular complexity index is 643. The Hall–Kier alpha value is -2.22. The van der Waals surface area contributed by atoms with Gasteiger partial charge in [-0.25, -0.2) is 4.79 Å². The zero-order chi connectivity index (χ0) is 14.5. The molecule has 0 amide bonds. The molecule has 0 radical (unpaired) electrons. The Morgan fingerprint density at radius 3 is 2.80 bits per heavy atom. The highest BCUT2D eigenvalue weighted by atomic mass is 16.2. The van der Waals surface area contributed by atoms with Crippen molar-refractivity contribution in [1.29, 1.82) is 0 Å². The molecule has 0 aliphatic rings. The molecule has 2 aromatic heterocycles. The summed E-state index contributed by atoms with van der Waals surface area (Å²) in [5.41, 5.74) is -0.316. The molecule has 0 atom stereocenters. The summed E-state index contributed by atoms with van der Waals surface area (Å²) in [4.78, 5) is 29.1. The fraction of sp³-hybridized carbons (Fsp3) is 0.500. The van der Waals surface area contributed by atoms with Crippen molar-refractivity contribution < 1.29 is 0 Å². The van der Waals surface area contributed by atoms with E-state index in [2.05, 4.69) is 27.1 Å². The van der Waals surface area contributed by atoms with Gasteiger partial charge < -0.3 is 9.55 Å². The van der Waals surface area contributed by atoms with Gasteiger partial charge in [0.25, 0.3) is 5.56 Å². The van der Waals surface area contributed by atoms with Crippen LogP contribution in [0.1, 0.15) is 24.9 Å². The van der Waals surface area contributed by atoms with Crippen LogP contribution in [0.2, 0.25) is 0 Å². The van der Waals surface area contributed by atoms with E-state index in [-0.39, 0.29) is 0 Å². The molecule has 2 heterocycles. The molecule has 0 saturated heterocycles. The van der Waals surface area contributed by atoms with Crippen LogP contribution in [0.15, 0.2) is 22.0 Å². The Balaban J connectivity index is 2.05. The first kappa shape index (κ1) is 14.2. The highest BCUT2D eigenvalue weighted by Gasteiger charge is 2.08. The molecule has 2 aromatic rings. The second-order valence-electron chi connectivity index (χ2n) is 4.73. The van der Waals surface area contributed by atoms with Gasteiger partial charge in [-0.3, -0.25) is 14.7 Å². The number of aryl methyl sites for hydroxylation is 1. The summed E-state index contributed by atoms with van der Waals surface area (Å²) >= 11 is 0. The number of H-pyrrole nitrogens is 2. The van der Waals surface area contributed by atoms with Crippen LogP contribution >= 0.6 is 0 Å². The normalized spacial score (nSPS) is 11.2. The van der Waals surface area contributed by atoms with Gasteiger partial charge in [-0.2, -0.15) is 0 Å². The van der Waals surface area contributed by atoms with E-state index in [9.17, 15) is 9.59 Å². The molecule has 0 unspecified atom stereocenters. The molecule has 2 rings (SSSR count). The molecule has 108 valence electrons.